The molecule has 0 aliphatic carbocycles. The van der Waals surface area contributed by atoms with Gasteiger partial charge >= 0.3 is 0 Å². The molecule has 1 saturated heterocycles. The quantitative estimate of drug-likeness (QED) is 0.755. The maximum Gasteiger partial charge on any atom is 0.0594 e. The summed E-state index contributed by atoms with van der Waals surface area (Å²) in [5, 5.41) is 2.33. The first kappa shape index (κ1) is 11.4. The maximum absolute atomic E-state index is 6.33. The lowest BCUT2D eigenvalue weighted by atomic mass is 10.2. The Hall–Kier alpha value is -0.0900. The molecule has 0 bridgehead atoms. The molecule has 1 aromatic heterocycles. The highest BCUT2D eigenvalue weighted by Crippen LogP contribution is 2.15. The van der Waals surface area contributed by atoms with Gasteiger partial charge in [0.05, 0.1) is 18.6 Å². The zero-order chi connectivity index (χ0) is 10.5. The number of morpholine rings is 1. The van der Waals surface area contributed by atoms with Crippen LogP contribution in [0, 0.1) is 0 Å². The van der Waals surface area contributed by atoms with Crippen LogP contribution in [0.5, 0.6) is 0 Å². The molecule has 0 amide bonds. The first-order valence-corrected chi connectivity index (χ1v) is 6.63. The van der Waals surface area contributed by atoms with Crippen LogP contribution in [-0.4, -0.2) is 43.1 Å². The normalized spacial score (nSPS) is 20.3. The van der Waals surface area contributed by atoms with Gasteiger partial charge in [0, 0.05) is 24.5 Å². The average Bonchev–Trinajstić information content (AvgIpc) is 2.71. The van der Waals surface area contributed by atoms with Gasteiger partial charge in [-0.15, -0.1) is 22.9 Å². The van der Waals surface area contributed by atoms with Crippen LogP contribution in [0.2, 0.25) is 0 Å². The summed E-state index contributed by atoms with van der Waals surface area (Å²) in [6, 6.07) is 4.23. The molecule has 2 rings (SSSR count). The van der Waals surface area contributed by atoms with Crippen molar-refractivity contribution in [3.8, 4) is 0 Å². The zero-order valence-corrected chi connectivity index (χ0v) is 10.3. The molecule has 84 valence electrons. The number of thiophene rings is 1. The molecular weight excluding hydrogens is 230 g/mol. The van der Waals surface area contributed by atoms with Gasteiger partial charge in [0.25, 0.3) is 0 Å². The maximum atomic E-state index is 6.33. The number of nitrogens with zero attached hydrogens (tertiary/aromatic N) is 1. The van der Waals surface area contributed by atoms with Crippen LogP contribution in [0.3, 0.4) is 0 Å². The summed E-state index contributed by atoms with van der Waals surface area (Å²) >= 11 is 8.12. The molecule has 0 N–H and O–H groups in total. The Morgan fingerprint density at radius 1 is 1.47 bits per heavy atom. The SMILES string of the molecule is ClC(Cc1cccs1)CN1CCOCC1. The van der Waals surface area contributed by atoms with Crippen LogP contribution in [0.4, 0.5) is 0 Å². The summed E-state index contributed by atoms with van der Waals surface area (Å²) in [6.45, 7) is 4.72. The summed E-state index contributed by atoms with van der Waals surface area (Å²) in [5.74, 6) is 0. The van der Waals surface area contributed by atoms with E-state index >= 15 is 0 Å². The van der Waals surface area contributed by atoms with E-state index in [1.54, 1.807) is 11.3 Å². The molecular formula is C11H16ClNOS. The minimum atomic E-state index is 0.224. The Morgan fingerprint density at radius 2 is 2.27 bits per heavy atom. The van der Waals surface area contributed by atoms with E-state index in [1.807, 2.05) is 0 Å². The first-order chi connectivity index (χ1) is 7.34. The molecule has 0 spiro atoms. The highest BCUT2D eigenvalue weighted by Gasteiger charge is 2.15. The lowest BCUT2D eigenvalue weighted by Crippen LogP contribution is -2.40. The van der Waals surface area contributed by atoms with Crippen molar-refractivity contribution in [2.75, 3.05) is 32.8 Å². The fourth-order valence-corrected chi connectivity index (χ4v) is 3.01. The third-order valence-electron chi connectivity index (χ3n) is 2.56. The molecule has 1 aromatic rings. The number of alkyl halides is 1. The predicted molar refractivity (Wildman–Crippen MR) is 64.9 cm³/mol. The van der Waals surface area contributed by atoms with E-state index in [1.165, 1.54) is 4.88 Å². The summed E-state index contributed by atoms with van der Waals surface area (Å²) in [6.07, 6.45) is 0.983. The Bertz CT molecular complexity index is 272. The number of hydrogen-bond acceptors (Lipinski definition) is 3. The van der Waals surface area contributed by atoms with E-state index in [9.17, 15) is 0 Å². The van der Waals surface area contributed by atoms with Crippen molar-refractivity contribution in [3.63, 3.8) is 0 Å². The minimum absolute atomic E-state index is 0.224. The highest BCUT2D eigenvalue weighted by molar-refractivity contribution is 7.09. The minimum Gasteiger partial charge on any atom is -0.379 e. The Balaban J connectivity index is 1.74. The van der Waals surface area contributed by atoms with Gasteiger partial charge in [0.15, 0.2) is 0 Å². The molecule has 0 saturated carbocycles. The highest BCUT2D eigenvalue weighted by atomic mass is 35.5. The van der Waals surface area contributed by atoms with E-state index in [4.69, 9.17) is 16.3 Å². The van der Waals surface area contributed by atoms with Crippen molar-refractivity contribution < 1.29 is 4.74 Å². The van der Waals surface area contributed by atoms with Gasteiger partial charge in [0.2, 0.25) is 0 Å². The number of halogens is 1. The number of rotatable bonds is 4. The van der Waals surface area contributed by atoms with E-state index in [2.05, 4.69) is 22.4 Å². The summed E-state index contributed by atoms with van der Waals surface area (Å²) in [4.78, 5) is 3.76. The van der Waals surface area contributed by atoms with E-state index < -0.39 is 0 Å². The van der Waals surface area contributed by atoms with E-state index in [0.29, 0.717) is 0 Å². The zero-order valence-electron chi connectivity index (χ0n) is 8.69. The first-order valence-electron chi connectivity index (χ1n) is 5.31. The Kier molecular flexibility index (Phi) is 4.44. The molecule has 0 aromatic carbocycles. The van der Waals surface area contributed by atoms with Crippen LogP contribution in [-0.2, 0) is 11.2 Å². The average molecular weight is 246 g/mol. The van der Waals surface area contributed by atoms with Crippen molar-refractivity contribution in [2.24, 2.45) is 0 Å². The van der Waals surface area contributed by atoms with Gasteiger partial charge in [-0.2, -0.15) is 0 Å². The van der Waals surface area contributed by atoms with Crippen molar-refractivity contribution >= 4 is 22.9 Å². The monoisotopic (exact) mass is 245 g/mol. The molecule has 0 radical (unpaired) electrons. The van der Waals surface area contributed by atoms with Crippen molar-refractivity contribution in [1.29, 1.82) is 0 Å². The summed E-state index contributed by atoms with van der Waals surface area (Å²) in [7, 11) is 0. The molecule has 4 heteroatoms. The molecule has 1 aliphatic heterocycles. The lowest BCUT2D eigenvalue weighted by molar-refractivity contribution is 0.0379. The second-order valence-electron chi connectivity index (χ2n) is 3.79. The van der Waals surface area contributed by atoms with Crippen LogP contribution in [0.15, 0.2) is 17.5 Å². The molecule has 1 unspecified atom stereocenters. The molecule has 15 heavy (non-hydrogen) atoms. The van der Waals surface area contributed by atoms with Gasteiger partial charge in [-0.05, 0) is 17.9 Å². The number of ether oxygens (including phenoxy) is 1. The predicted octanol–water partition coefficient (Wildman–Crippen LogP) is 2.23. The third-order valence-corrected chi connectivity index (χ3v) is 3.75. The standard InChI is InChI=1S/C11H16ClNOS/c12-10(8-11-2-1-7-15-11)9-13-3-5-14-6-4-13/h1-2,7,10H,3-6,8-9H2. The third kappa shape index (κ3) is 3.76. The molecule has 1 fully saturated rings. The van der Waals surface area contributed by atoms with Crippen molar-refractivity contribution in [2.45, 2.75) is 11.8 Å². The fourth-order valence-electron chi connectivity index (χ4n) is 1.78. The number of hydrogen-bond donors (Lipinski definition) is 0. The second-order valence-corrected chi connectivity index (χ2v) is 5.44. The van der Waals surface area contributed by atoms with Gasteiger partial charge in [0.1, 0.15) is 0 Å². The van der Waals surface area contributed by atoms with E-state index in [-0.39, 0.29) is 5.38 Å². The Labute approximate surface area is 99.8 Å². The van der Waals surface area contributed by atoms with Crippen LogP contribution in [0.25, 0.3) is 0 Å². The molecule has 2 nitrogen and oxygen atoms in total. The smallest absolute Gasteiger partial charge is 0.0594 e. The summed E-state index contributed by atoms with van der Waals surface area (Å²) in [5.41, 5.74) is 0. The largest absolute Gasteiger partial charge is 0.379 e. The molecule has 2 heterocycles. The van der Waals surface area contributed by atoms with Crippen LogP contribution >= 0.6 is 22.9 Å². The Morgan fingerprint density at radius 3 is 2.93 bits per heavy atom. The molecule has 1 atom stereocenters. The van der Waals surface area contributed by atoms with Crippen LogP contribution in [0.1, 0.15) is 4.88 Å². The lowest BCUT2D eigenvalue weighted by Gasteiger charge is -2.28. The van der Waals surface area contributed by atoms with Gasteiger partial charge < -0.3 is 4.74 Å². The van der Waals surface area contributed by atoms with Gasteiger partial charge in [-0.3, -0.25) is 4.90 Å². The van der Waals surface area contributed by atoms with Crippen LogP contribution < -0.4 is 0 Å². The molecule has 1 aliphatic rings. The fraction of sp³-hybridized carbons (Fsp3) is 0.636. The second kappa shape index (κ2) is 5.85. The van der Waals surface area contributed by atoms with Gasteiger partial charge in [-0.1, -0.05) is 6.07 Å². The van der Waals surface area contributed by atoms with E-state index in [0.717, 1.165) is 39.3 Å². The van der Waals surface area contributed by atoms with Crippen molar-refractivity contribution in [1.82, 2.24) is 4.90 Å². The summed E-state index contributed by atoms with van der Waals surface area (Å²) < 4.78 is 5.30. The van der Waals surface area contributed by atoms with Crippen molar-refractivity contribution in [3.05, 3.63) is 22.4 Å². The topological polar surface area (TPSA) is 12.5 Å². The van der Waals surface area contributed by atoms with Gasteiger partial charge in [-0.25, -0.2) is 0 Å².